The van der Waals surface area contributed by atoms with Gasteiger partial charge in [0.2, 0.25) is 0 Å². The first-order valence-electron chi connectivity index (χ1n) is 11.8. The smallest absolute Gasteiger partial charge is 0.275 e. The largest absolute Gasteiger partial charge is 0.496 e. The van der Waals surface area contributed by atoms with E-state index in [2.05, 4.69) is 12.0 Å². The van der Waals surface area contributed by atoms with Crippen LogP contribution in [0.4, 0.5) is 0 Å². The lowest BCUT2D eigenvalue weighted by Crippen LogP contribution is -2.37. The molecule has 8 heteroatoms. The molecule has 0 saturated carbocycles. The molecule has 0 saturated heterocycles. The molecule has 35 heavy (non-hydrogen) atoms. The molecule has 0 spiro atoms. The second-order valence-corrected chi connectivity index (χ2v) is 8.41. The number of nitrogens with zero attached hydrogens (tertiary/aromatic N) is 3. The summed E-state index contributed by atoms with van der Waals surface area (Å²) in [6.07, 6.45) is 4.39. The standard InChI is InChI=1S/C27H31N3O5/c1-5-6-13-30-26(31)21-10-8-7-9-20(21)25(28-30)27(32)29-14-11-18(12-15-29)24-22(34-3)16-19(33-2)17-23(24)35-4/h7-11,16-17H,5-6,12-15H2,1-4H3. The summed E-state index contributed by atoms with van der Waals surface area (Å²) in [5, 5.41) is 5.61. The van der Waals surface area contributed by atoms with E-state index in [-0.39, 0.29) is 11.5 Å². The number of carbonyl (C=O) groups is 1. The number of benzene rings is 2. The van der Waals surface area contributed by atoms with E-state index in [0.29, 0.717) is 59.8 Å². The summed E-state index contributed by atoms with van der Waals surface area (Å²) in [7, 11) is 4.82. The molecule has 1 aromatic heterocycles. The van der Waals surface area contributed by atoms with Crippen molar-refractivity contribution in [3.8, 4) is 17.2 Å². The van der Waals surface area contributed by atoms with E-state index < -0.39 is 0 Å². The molecule has 0 aliphatic carbocycles. The number of amides is 1. The van der Waals surface area contributed by atoms with Crippen molar-refractivity contribution < 1.29 is 19.0 Å². The van der Waals surface area contributed by atoms with Gasteiger partial charge in [-0.05, 0) is 24.5 Å². The van der Waals surface area contributed by atoms with E-state index >= 15 is 0 Å². The van der Waals surface area contributed by atoms with Crippen molar-refractivity contribution in [2.45, 2.75) is 32.7 Å². The van der Waals surface area contributed by atoms with Gasteiger partial charge in [0.25, 0.3) is 11.5 Å². The van der Waals surface area contributed by atoms with E-state index in [1.165, 1.54) is 4.68 Å². The van der Waals surface area contributed by atoms with Gasteiger partial charge in [-0.25, -0.2) is 4.68 Å². The molecular weight excluding hydrogens is 446 g/mol. The van der Waals surface area contributed by atoms with Gasteiger partial charge in [-0.15, -0.1) is 0 Å². The van der Waals surface area contributed by atoms with Crippen molar-refractivity contribution >= 4 is 22.3 Å². The summed E-state index contributed by atoms with van der Waals surface area (Å²) in [6, 6.07) is 10.8. The number of rotatable bonds is 8. The summed E-state index contributed by atoms with van der Waals surface area (Å²) in [5.41, 5.74) is 2.05. The molecule has 0 unspecified atom stereocenters. The zero-order chi connectivity index (χ0) is 24.9. The number of fused-ring (bicyclic) bond motifs is 1. The van der Waals surface area contributed by atoms with Crippen LogP contribution in [0.25, 0.3) is 16.3 Å². The fourth-order valence-electron chi connectivity index (χ4n) is 4.41. The van der Waals surface area contributed by atoms with Crippen LogP contribution in [-0.4, -0.2) is 55.0 Å². The normalized spacial score (nSPS) is 13.5. The predicted molar refractivity (Wildman–Crippen MR) is 136 cm³/mol. The first-order valence-corrected chi connectivity index (χ1v) is 11.8. The summed E-state index contributed by atoms with van der Waals surface area (Å²) in [6.45, 7) is 3.47. The highest BCUT2D eigenvalue weighted by atomic mass is 16.5. The number of hydrogen-bond acceptors (Lipinski definition) is 6. The number of aromatic nitrogens is 2. The zero-order valence-corrected chi connectivity index (χ0v) is 20.7. The maximum atomic E-state index is 13.6. The van der Waals surface area contributed by atoms with Crippen LogP contribution in [0.15, 0.2) is 47.3 Å². The number of ether oxygens (including phenoxy) is 3. The molecule has 3 aromatic rings. The van der Waals surface area contributed by atoms with Crippen molar-refractivity contribution in [2.24, 2.45) is 0 Å². The second-order valence-electron chi connectivity index (χ2n) is 8.41. The Kier molecular flexibility index (Phi) is 7.39. The average molecular weight is 478 g/mol. The topological polar surface area (TPSA) is 82.9 Å². The van der Waals surface area contributed by atoms with Gasteiger partial charge < -0.3 is 19.1 Å². The SMILES string of the molecule is CCCCn1nc(C(=O)N2CC=C(c3c(OC)cc(OC)cc3OC)CC2)c2ccccc2c1=O. The lowest BCUT2D eigenvalue weighted by Gasteiger charge is -2.28. The molecule has 8 nitrogen and oxygen atoms in total. The first-order chi connectivity index (χ1) is 17.0. The number of aryl methyl sites for hydroxylation is 1. The van der Waals surface area contributed by atoms with Crippen LogP contribution < -0.4 is 19.8 Å². The Hall–Kier alpha value is -3.81. The molecule has 0 fully saturated rings. The van der Waals surface area contributed by atoms with E-state index in [9.17, 15) is 9.59 Å². The Labute approximate surface area is 204 Å². The molecule has 1 amide bonds. The molecule has 184 valence electrons. The van der Waals surface area contributed by atoms with Crippen LogP contribution >= 0.6 is 0 Å². The lowest BCUT2D eigenvalue weighted by molar-refractivity contribution is 0.0766. The van der Waals surface area contributed by atoms with E-state index in [1.807, 2.05) is 30.3 Å². The molecule has 0 atom stereocenters. The highest BCUT2D eigenvalue weighted by Crippen LogP contribution is 2.41. The third-order valence-electron chi connectivity index (χ3n) is 6.33. The van der Waals surface area contributed by atoms with Crippen LogP contribution in [0.5, 0.6) is 17.2 Å². The van der Waals surface area contributed by atoms with Crippen LogP contribution in [0, 0.1) is 0 Å². The minimum absolute atomic E-state index is 0.162. The molecule has 2 aromatic carbocycles. The van der Waals surface area contributed by atoms with Crippen molar-refractivity contribution in [2.75, 3.05) is 34.4 Å². The van der Waals surface area contributed by atoms with Gasteiger partial charge >= 0.3 is 0 Å². The molecule has 0 N–H and O–H groups in total. The maximum absolute atomic E-state index is 13.6. The summed E-state index contributed by atoms with van der Waals surface area (Å²) in [5.74, 6) is 1.77. The van der Waals surface area contributed by atoms with Gasteiger partial charge in [-0.3, -0.25) is 9.59 Å². The molecule has 0 bridgehead atoms. The lowest BCUT2D eigenvalue weighted by atomic mass is 9.97. The molecule has 1 aliphatic heterocycles. The molecule has 2 heterocycles. The number of hydrogen-bond donors (Lipinski definition) is 0. The van der Waals surface area contributed by atoms with E-state index in [4.69, 9.17) is 14.2 Å². The number of methoxy groups -OCH3 is 3. The third kappa shape index (κ3) is 4.73. The van der Waals surface area contributed by atoms with E-state index in [1.54, 1.807) is 38.4 Å². The zero-order valence-electron chi connectivity index (χ0n) is 20.7. The van der Waals surface area contributed by atoms with Crippen molar-refractivity contribution in [3.63, 3.8) is 0 Å². The Morgan fingerprint density at radius 3 is 2.29 bits per heavy atom. The van der Waals surface area contributed by atoms with Gasteiger partial charge in [0.1, 0.15) is 17.2 Å². The monoisotopic (exact) mass is 477 g/mol. The quantitative estimate of drug-likeness (QED) is 0.485. The van der Waals surface area contributed by atoms with Crippen LogP contribution in [0.3, 0.4) is 0 Å². The number of carbonyl (C=O) groups excluding carboxylic acids is 1. The van der Waals surface area contributed by atoms with Crippen molar-refractivity contribution in [1.82, 2.24) is 14.7 Å². The molecule has 4 rings (SSSR count). The molecular formula is C27H31N3O5. The summed E-state index contributed by atoms with van der Waals surface area (Å²) >= 11 is 0. The van der Waals surface area contributed by atoms with Crippen molar-refractivity contribution in [3.05, 3.63) is 64.1 Å². The van der Waals surface area contributed by atoms with Gasteiger partial charge in [-0.1, -0.05) is 37.6 Å². The van der Waals surface area contributed by atoms with Crippen LogP contribution in [-0.2, 0) is 6.54 Å². The van der Waals surface area contributed by atoms with Gasteiger partial charge in [-0.2, -0.15) is 5.10 Å². The Bertz CT molecular complexity index is 1300. The number of unbranched alkanes of at least 4 members (excludes halogenated alkanes) is 1. The fourth-order valence-corrected chi connectivity index (χ4v) is 4.41. The first kappa shape index (κ1) is 24.3. The van der Waals surface area contributed by atoms with Gasteiger partial charge in [0.05, 0.1) is 32.3 Å². The summed E-state index contributed by atoms with van der Waals surface area (Å²) in [4.78, 5) is 28.2. The van der Waals surface area contributed by atoms with E-state index in [0.717, 1.165) is 24.0 Å². The Morgan fingerprint density at radius 1 is 1.03 bits per heavy atom. The molecule has 1 aliphatic rings. The molecule has 0 radical (unpaired) electrons. The fraction of sp³-hybridized carbons (Fsp3) is 0.370. The predicted octanol–water partition coefficient (Wildman–Crippen LogP) is 4.15. The minimum atomic E-state index is -0.185. The van der Waals surface area contributed by atoms with Crippen LogP contribution in [0.2, 0.25) is 0 Å². The van der Waals surface area contributed by atoms with Gasteiger partial charge in [0, 0.05) is 37.2 Å². The Balaban J connectivity index is 1.67. The highest BCUT2D eigenvalue weighted by Gasteiger charge is 2.26. The summed E-state index contributed by atoms with van der Waals surface area (Å²) < 4.78 is 18.0. The highest BCUT2D eigenvalue weighted by molar-refractivity contribution is 6.05. The third-order valence-corrected chi connectivity index (χ3v) is 6.33. The van der Waals surface area contributed by atoms with Crippen LogP contribution in [0.1, 0.15) is 42.2 Å². The van der Waals surface area contributed by atoms with Crippen molar-refractivity contribution in [1.29, 1.82) is 0 Å². The maximum Gasteiger partial charge on any atom is 0.275 e. The second kappa shape index (κ2) is 10.6. The van der Waals surface area contributed by atoms with Gasteiger partial charge in [0.15, 0.2) is 5.69 Å². The Morgan fingerprint density at radius 2 is 1.71 bits per heavy atom. The average Bonchev–Trinajstić information content (AvgIpc) is 2.91. The minimum Gasteiger partial charge on any atom is -0.496 e.